The van der Waals surface area contributed by atoms with Crippen molar-refractivity contribution >= 4 is 11.0 Å². The smallest absolute Gasteiger partial charge is 0.336 e. The molecule has 0 atom stereocenters. The second kappa shape index (κ2) is 3.96. The van der Waals surface area contributed by atoms with Gasteiger partial charge in [-0.05, 0) is 23.2 Å². The third-order valence-corrected chi connectivity index (χ3v) is 2.12. The molecule has 80 valence electrons. The van der Waals surface area contributed by atoms with Crippen LogP contribution in [0.1, 0.15) is 5.56 Å². The van der Waals surface area contributed by atoms with Crippen LogP contribution in [-0.4, -0.2) is 5.11 Å². The SMILES string of the molecule is [N-]=[N+]=NCc1cc(=O)oc2cc(O)ccc12. The molecule has 16 heavy (non-hydrogen) atoms. The Bertz CT molecular complexity index is 641. The van der Waals surface area contributed by atoms with E-state index in [0.717, 1.165) is 0 Å². The lowest BCUT2D eigenvalue weighted by molar-refractivity contribution is 0.473. The number of azide groups is 1. The second-order valence-electron chi connectivity index (χ2n) is 3.16. The molecule has 2 rings (SSSR count). The van der Waals surface area contributed by atoms with E-state index < -0.39 is 5.63 Å². The van der Waals surface area contributed by atoms with Crippen molar-refractivity contribution in [2.75, 3.05) is 0 Å². The average molecular weight is 217 g/mol. The summed E-state index contributed by atoms with van der Waals surface area (Å²) < 4.78 is 4.91. The molecule has 0 amide bonds. The molecule has 0 radical (unpaired) electrons. The Balaban J connectivity index is 2.72. The summed E-state index contributed by atoms with van der Waals surface area (Å²) in [6.45, 7) is 0.0728. The number of aromatic hydroxyl groups is 1. The quantitative estimate of drug-likeness (QED) is 0.361. The highest BCUT2D eigenvalue weighted by atomic mass is 16.4. The topological polar surface area (TPSA) is 99.2 Å². The molecule has 0 bridgehead atoms. The van der Waals surface area contributed by atoms with Crippen LogP contribution in [0.4, 0.5) is 0 Å². The van der Waals surface area contributed by atoms with Gasteiger partial charge in [-0.2, -0.15) is 0 Å². The van der Waals surface area contributed by atoms with E-state index in [-0.39, 0.29) is 17.9 Å². The first-order chi connectivity index (χ1) is 7.70. The van der Waals surface area contributed by atoms with Gasteiger partial charge in [0.2, 0.25) is 0 Å². The van der Waals surface area contributed by atoms with Crippen LogP contribution in [0.15, 0.2) is 38.6 Å². The predicted octanol–water partition coefficient (Wildman–Crippen LogP) is 2.31. The standard InChI is InChI=1S/C10H7N3O3/c11-13-12-5-6-3-10(15)16-9-4-7(14)1-2-8(6)9/h1-4,14H,5H2. The minimum absolute atomic E-state index is 0.0107. The Kier molecular flexibility index (Phi) is 2.49. The normalized spacial score (nSPS) is 10.0. The molecular weight excluding hydrogens is 210 g/mol. The Hall–Kier alpha value is -2.46. The fourth-order valence-corrected chi connectivity index (χ4v) is 1.46. The fraction of sp³-hybridized carbons (Fsp3) is 0.100. The lowest BCUT2D eigenvalue weighted by Gasteiger charge is -2.02. The molecule has 2 aromatic rings. The molecule has 0 aliphatic rings. The van der Waals surface area contributed by atoms with E-state index in [9.17, 15) is 9.90 Å². The van der Waals surface area contributed by atoms with E-state index in [1.165, 1.54) is 18.2 Å². The van der Waals surface area contributed by atoms with Crippen molar-refractivity contribution in [2.45, 2.75) is 6.54 Å². The lowest BCUT2D eigenvalue weighted by atomic mass is 10.1. The highest BCUT2D eigenvalue weighted by Gasteiger charge is 2.05. The van der Waals surface area contributed by atoms with Gasteiger partial charge < -0.3 is 9.52 Å². The van der Waals surface area contributed by atoms with Crippen molar-refractivity contribution in [3.8, 4) is 5.75 Å². The van der Waals surface area contributed by atoms with E-state index in [0.29, 0.717) is 10.9 Å². The molecular formula is C10H7N3O3. The number of hydrogen-bond donors (Lipinski definition) is 1. The van der Waals surface area contributed by atoms with Gasteiger partial charge in [0, 0.05) is 22.4 Å². The first-order valence-corrected chi connectivity index (χ1v) is 4.47. The minimum atomic E-state index is -0.541. The molecule has 0 saturated heterocycles. The number of phenols is 1. The van der Waals surface area contributed by atoms with Gasteiger partial charge in [-0.15, -0.1) is 0 Å². The first kappa shape index (κ1) is 10.1. The number of phenolic OH excluding ortho intramolecular Hbond substituents is 1. The molecule has 1 N–H and O–H groups in total. The monoisotopic (exact) mass is 217 g/mol. The number of benzene rings is 1. The molecule has 0 aliphatic carbocycles. The van der Waals surface area contributed by atoms with Gasteiger partial charge in [0.05, 0.1) is 6.54 Å². The van der Waals surface area contributed by atoms with E-state index in [1.807, 2.05) is 0 Å². The van der Waals surface area contributed by atoms with E-state index >= 15 is 0 Å². The summed E-state index contributed by atoms with van der Waals surface area (Å²) >= 11 is 0. The van der Waals surface area contributed by atoms with Crippen LogP contribution in [0.2, 0.25) is 0 Å². The van der Waals surface area contributed by atoms with Crippen LogP contribution in [0.25, 0.3) is 21.4 Å². The zero-order chi connectivity index (χ0) is 11.5. The molecule has 1 aromatic heterocycles. The summed E-state index contributed by atoms with van der Waals surface area (Å²) in [5, 5.41) is 13.3. The van der Waals surface area contributed by atoms with Crippen LogP contribution in [0.5, 0.6) is 5.75 Å². The summed E-state index contributed by atoms with van der Waals surface area (Å²) in [5.41, 5.74) is 8.54. The predicted molar refractivity (Wildman–Crippen MR) is 57.0 cm³/mol. The molecule has 1 heterocycles. The van der Waals surface area contributed by atoms with E-state index in [2.05, 4.69) is 10.0 Å². The third kappa shape index (κ3) is 1.82. The Morgan fingerprint density at radius 2 is 2.25 bits per heavy atom. The lowest BCUT2D eigenvalue weighted by Crippen LogP contribution is -1.99. The van der Waals surface area contributed by atoms with Gasteiger partial charge >= 0.3 is 5.63 Å². The largest absolute Gasteiger partial charge is 0.508 e. The zero-order valence-electron chi connectivity index (χ0n) is 8.12. The van der Waals surface area contributed by atoms with Gasteiger partial charge in [-0.1, -0.05) is 5.11 Å². The van der Waals surface area contributed by atoms with Crippen molar-refractivity contribution in [2.24, 2.45) is 5.11 Å². The summed E-state index contributed by atoms with van der Waals surface area (Å²) in [6.07, 6.45) is 0. The molecule has 6 nitrogen and oxygen atoms in total. The molecule has 0 saturated carbocycles. The van der Waals surface area contributed by atoms with E-state index in [4.69, 9.17) is 9.95 Å². The number of rotatable bonds is 2. The van der Waals surface area contributed by atoms with E-state index in [1.54, 1.807) is 6.07 Å². The van der Waals surface area contributed by atoms with Crippen LogP contribution < -0.4 is 5.63 Å². The van der Waals surface area contributed by atoms with Gasteiger partial charge in [0.1, 0.15) is 11.3 Å². The molecule has 6 heteroatoms. The number of fused-ring (bicyclic) bond motifs is 1. The van der Waals surface area contributed by atoms with Crippen LogP contribution in [-0.2, 0) is 6.54 Å². The van der Waals surface area contributed by atoms with Crippen molar-refractivity contribution in [3.05, 3.63) is 50.7 Å². The van der Waals surface area contributed by atoms with Gasteiger partial charge in [-0.3, -0.25) is 0 Å². The second-order valence-corrected chi connectivity index (χ2v) is 3.16. The fourth-order valence-electron chi connectivity index (χ4n) is 1.46. The molecule has 0 unspecified atom stereocenters. The maximum atomic E-state index is 11.2. The maximum absolute atomic E-state index is 11.2. The summed E-state index contributed by atoms with van der Waals surface area (Å²) in [6, 6.07) is 5.70. The molecule has 1 aromatic carbocycles. The van der Waals surface area contributed by atoms with Crippen LogP contribution >= 0.6 is 0 Å². The summed E-state index contributed by atoms with van der Waals surface area (Å²) in [5.74, 6) is 0.0107. The summed E-state index contributed by atoms with van der Waals surface area (Å²) in [7, 11) is 0. The van der Waals surface area contributed by atoms with Crippen LogP contribution in [0, 0.1) is 0 Å². The van der Waals surface area contributed by atoms with Gasteiger partial charge in [0.25, 0.3) is 0 Å². The maximum Gasteiger partial charge on any atom is 0.336 e. The Morgan fingerprint density at radius 1 is 1.44 bits per heavy atom. The molecule has 0 aliphatic heterocycles. The Labute approximate surface area is 89.4 Å². The van der Waals surface area contributed by atoms with Crippen molar-refractivity contribution < 1.29 is 9.52 Å². The molecule has 0 spiro atoms. The third-order valence-electron chi connectivity index (χ3n) is 2.12. The minimum Gasteiger partial charge on any atom is -0.508 e. The summed E-state index contributed by atoms with van der Waals surface area (Å²) in [4.78, 5) is 13.8. The zero-order valence-corrected chi connectivity index (χ0v) is 8.12. The Morgan fingerprint density at radius 3 is 3.00 bits per heavy atom. The number of nitrogens with zero attached hydrogens (tertiary/aromatic N) is 3. The van der Waals surface area contributed by atoms with Gasteiger partial charge in [0.15, 0.2) is 0 Å². The highest BCUT2D eigenvalue weighted by Crippen LogP contribution is 2.22. The average Bonchev–Trinajstić information content (AvgIpc) is 2.25. The van der Waals surface area contributed by atoms with Crippen LogP contribution in [0.3, 0.4) is 0 Å². The van der Waals surface area contributed by atoms with Gasteiger partial charge in [-0.25, -0.2) is 4.79 Å². The van der Waals surface area contributed by atoms with Crippen molar-refractivity contribution in [3.63, 3.8) is 0 Å². The molecule has 0 fully saturated rings. The van der Waals surface area contributed by atoms with Crippen molar-refractivity contribution in [1.82, 2.24) is 0 Å². The highest BCUT2D eigenvalue weighted by molar-refractivity contribution is 5.81. The van der Waals surface area contributed by atoms with Crippen molar-refractivity contribution in [1.29, 1.82) is 0 Å². The first-order valence-electron chi connectivity index (χ1n) is 4.47. The number of hydrogen-bond acceptors (Lipinski definition) is 4.